The van der Waals surface area contributed by atoms with E-state index in [1.165, 1.54) is 11.3 Å². The molecule has 4 heterocycles. The van der Waals surface area contributed by atoms with Crippen molar-refractivity contribution in [1.82, 2.24) is 9.88 Å². The number of H-pyrrole nitrogens is 1. The number of fused-ring (bicyclic) bond motifs is 3. The second kappa shape index (κ2) is 7.89. The van der Waals surface area contributed by atoms with Gasteiger partial charge in [0.15, 0.2) is 5.78 Å². The largest absolute Gasteiger partial charge is 0.346 e. The van der Waals surface area contributed by atoms with Gasteiger partial charge in [0.25, 0.3) is 5.91 Å². The number of aromatic amines is 1. The van der Waals surface area contributed by atoms with Gasteiger partial charge < -0.3 is 9.88 Å². The number of nitrogens with zero attached hydrogens (tertiary/aromatic N) is 1. The number of Topliss-reactive ketones (excluding diaryl/α,β-unsaturated/α-hetero) is 1. The van der Waals surface area contributed by atoms with Gasteiger partial charge in [-0.15, -0.1) is 22.9 Å². The number of halogens is 1. The lowest BCUT2D eigenvalue weighted by Gasteiger charge is -2.22. The fourth-order valence-electron chi connectivity index (χ4n) is 5.42. The Labute approximate surface area is 197 Å². The molecule has 0 aliphatic carbocycles. The number of amides is 1. The Hall–Kier alpha value is -2.37. The number of thiophene rings is 1. The molecule has 0 radical (unpaired) electrons. The van der Waals surface area contributed by atoms with Crippen molar-refractivity contribution in [3.05, 3.63) is 52.4 Å². The van der Waals surface area contributed by atoms with Crippen molar-refractivity contribution in [2.24, 2.45) is 0 Å². The molecule has 166 valence electrons. The van der Waals surface area contributed by atoms with Gasteiger partial charge in [0.2, 0.25) is 0 Å². The summed E-state index contributed by atoms with van der Waals surface area (Å²) in [7, 11) is 0. The Balaban J connectivity index is 1.57. The second-order valence-electron chi connectivity index (χ2n) is 9.24. The summed E-state index contributed by atoms with van der Waals surface area (Å²) >= 11 is 7.73. The molecular formula is C26H27ClN2O2S. The van der Waals surface area contributed by atoms with Crippen LogP contribution in [0.2, 0.25) is 0 Å². The number of alkyl halides is 1. The molecule has 0 spiro atoms. The lowest BCUT2D eigenvalue weighted by molar-refractivity contribution is -0.126. The summed E-state index contributed by atoms with van der Waals surface area (Å²) in [5.74, 6) is -0.0852. The molecule has 2 saturated heterocycles. The van der Waals surface area contributed by atoms with E-state index in [9.17, 15) is 9.59 Å². The van der Waals surface area contributed by atoms with Crippen LogP contribution in [0.5, 0.6) is 0 Å². The van der Waals surface area contributed by atoms with Crippen molar-refractivity contribution in [1.29, 1.82) is 0 Å². The molecule has 32 heavy (non-hydrogen) atoms. The van der Waals surface area contributed by atoms with Gasteiger partial charge in [-0.05, 0) is 70.2 Å². The third-order valence-electron chi connectivity index (χ3n) is 6.85. The van der Waals surface area contributed by atoms with Crippen LogP contribution in [0.25, 0.3) is 27.0 Å². The summed E-state index contributed by atoms with van der Waals surface area (Å²) in [6.07, 6.45) is 4.39. The Morgan fingerprint density at radius 3 is 2.25 bits per heavy atom. The highest BCUT2D eigenvalue weighted by Crippen LogP contribution is 2.42. The third-order valence-corrected chi connectivity index (χ3v) is 8.16. The molecule has 2 bridgehead atoms. The molecule has 1 atom stereocenters. The molecular weight excluding hydrogens is 440 g/mol. The zero-order valence-corrected chi connectivity index (χ0v) is 20.2. The number of aryl methyl sites for hydroxylation is 2. The molecule has 4 nitrogen and oxygen atoms in total. The van der Waals surface area contributed by atoms with Crippen LogP contribution in [0, 0.1) is 13.8 Å². The first-order chi connectivity index (χ1) is 15.2. The van der Waals surface area contributed by atoms with E-state index in [1.54, 1.807) is 6.92 Å². The molecule has 2 aliphatic heterocycles. The van der Waals surface area contributed by atoms with E-state index < -0.39 is 5.38 Å². The van der Waals surface area contributed by atoms with Crippen molar-refractivity contribution in [2.75, 3.05) is 0 Å². The fraction of sp³-hybridized carbons (Fsp3) is 0.385. The van der Waals surface area contributed by atoms with E-state index in [4.69, 9.17) is 11.6 Å². The molecule has 1 aromatic carbocycles. The van der Waals surface area contributed by atoms with E-state index >= 15 is 0 Å². The summed E-state index contributed by atoms with van der Waals surface area (Å²) in [6.45, 7) is 9.95. The number of aromatic nitrogens is 1. The van der Waals surface area contributed by atoms with E-state index in [0.717, 1.165) is 63.2 Å². The van der Waals surface area contributed by atoms with E-state index in [1.807, 2.05) is 24.8 Å². The van der Waals surface area contributed by atoms with Gasteiger partial charge in [-0.2, -0.15) is 0 Å². The quantitative estimate of drug-likeness (QED) is 0.265. The predicted molar refractivity (Wildman–Crippen MR) is 133 cm³/mol. The average Bonchev–Trinajstić information content (AvgIpc) is 3.50. The molecule has 1 unspecified atom stereocenters. The fourth-order valence-corrected chi connectivity index (χ4v) is 6.57. The predicted octanol–water partition coefficient (Wildman–Crippen LogP) is 6.49. The highest BCUT2D eigenvalue weighted by molar-refractivity contribution is 7.20. The lowest BCUT2D eigenvalue weighted by atomic mass is 9.98. The minimum atomic E-state index is -0.646. The van der Waals surface area contributed by atoms with Crippen molar-refractivity contribution in [3.8, 4) is 11.3 Å². The molecule has 2 aliphatic rings. The molecule has 0 saturated carbocycles. The summed E-state index contributed by atoms with van der Waals surface area (Å²) in [5, 5.41) is 0.169. The van der Waals surface area contributed by atoms with Crippen LogP contribution in [-0.4, -0.2) is 39.0 Å². The Morgan fingerprint density at radius 2 is 1.69 bits per heavy atom. The number of hydrogen-bond donors (Lipinski definition) is 1. The zero-order valence-electron chi connectivity index (χ0n) is 18.6. The van der Waals surface area contributed by atoms with Crippen molar-refractivity contribution < 1.29 is 9.59 Å². The van der Waals surface area contributed by atoms with Crippen LogP contribution < -0.4 is 0 Å². The van der Waals surface area contributed by atoms with Gasteiger partial charge in [-0.3, -0.25) is 9.59 Å². The molecule has 3 aromatic rings. The minimum Gasteiger partial charge on any atom is -0.346 e. The van der Waals surface area contributed by atoms with Gasteiger partial charge in [0.1, 0.15) is 4.83 Å². The van der Waals surface area contributed by atoms with Gasteiger partial charge >= 0.3 is 0 Å². The first-order valence-corrected chi connectivity index (χ1v) is 12.4. The maximum absolute atomic E-state index is 13.2. The zero-order chi connectivity index (χ0) is 22.7. The maximum atomic E-state index is 13.2. The van der Waals surface area contributed by atoms with Gasteiger partial charge in [-0.25, -0.2) is 0 Å². The number of hydrogen-bond acceptors (Lipinski definition) is 3. The van der Waals surface area contributed by atoms with Crippen LogP contribution in [0.1, 0.15) is 59.0 Å². The van der Waals surface area contributed by atoms with Crippen LogP contribution in [0.15, 0.2) is 30.8 Å². The first kappa shape index (κ1) is 21.5. The highest BCUT2D eigenvalue weighted by atomic mass is 35.5. The van der Waals surface area contributed by atoms with E-state index in [2.05, 4.69) is 29.8 Å². The van der Waals surface area contributed by atoms with Crippen LogP contribution in [0.4, 0.5) is 0 Å². The number of nitrogens with one attached hydrogen (secondary N) is 1. The molecule has 2 fully saturated rings. The number of rotatable bonds is 5. The van der Waals surface area contributed by atoms with Gasteiger partial charge in [0.05, 0.1) is 16.6 Å². The van der Waals surface area contributed by atoms with E-state index in [0.29, 0.717) is 23.2 Å². The maximum Gasteiger partial charge on any atom is 0.255 e. The average molecular weight is 467 g/mol. The van der Waals surface area contributed by atoms with E-state index in [-0.39, 0.29) is 11.7 Å². The topological polar surface area (TPSA) is 53.2 Å². The smallest absolute Gasteiger partial charge is 0.255 e. The van der Waals surface area contributed by atoms with Gasteiger partial charge in [0, 0.05) is 27.9 Å². The first-order valence-electron chi connectivity index (χ1n) is 11.2. The summed E-state index contributed by atoms with van der Waals surface area (Å²) in [6, 6.07) is 8.92. The number of ketones is 1. The summed E-state index contributed by atoms with van der Waals surface area (Å²) < 4.78 is 0. The van der Waals surface area contributed by atoms with Crippen LogP contribution >= 0.6 is 22.9 Å². The standard InChI is InChI=1S/C26H27ClN2O2S/c1-13-9-14(2)11-17(10-13)23-22(24(30)16(4)27)20-12-21(32-25(20)28-23)15(3)26(31)29-18-5-6-19(29)8-7-18/h9-12,16,18-19,28H,3,5-8H2,1-2,4H3. The normalized spacial score (nSPS) is 20.8. The van der Waals surface area contributed by atoms with Crippen molar-refractivity contribution >= 4 is 50.4 Å². The van der Waals surface area contributed by atoms with Crippen LogP contribution in [-0.2, 0) is 4.79 Å². The molecule has 1 amide bonds. The number of benzene rings is 1. The minimum absolute atomic E-state index is 0.0343. The summed E-state index contributed by atoms with van der Waals surface area (Å²) in [4.78, 5) is 33.6. The second-order valence-corrected chi connectivity index (χ2v) is 10.9. The Morgan fingerprint density at radius 1 is 1.09 bits per heavy atom. The van der Waals surface area contributed by atoms with Gasteiger partial charge in [-0.1, -0.05) is 23.8 Å². The lowest BCUT2D eigenvalue weighted by Crippen LogP contribution is -2.35. The van der Waals surface area contributed by atoms with Crippen molar-refractivity contribution in [3.63, 3.8) is 0 Å². The third kappa shape index (κ3) is 3.43. The SMILES string of the molecule is C=C(C(=O)N1C2CCC1CC2)c1cc2c(C(=O)C(C)Cl)c(-c3cc(C)cc(C)c3)[nH]c2s1. The molecule has 2 aromatic heterocycles. The monoisotopic (exact) mass is 466 g/mol. The number of carbonyl (C=O) groups excluding carboxylic acids is 2. The number of carbonyl (C=O) groups is 2. The molecule has 6 heteroatoms. The molecule has 1 N–H and O–H groups in total. The Bertz CT molecular complexity index is 1230. The highest BCUT2D eigenvalue weighted by Gasteiger charge is 2.43. The van der Waals surface area contributed by atoms with Crippen molar-refractivity contribution in [2.45, 2.75) is 63.9 Å². The summed E-state index contributed by atoms with van der Waals surface area (Å²) in [5.41, 5.74) is 5.14. The van der Waals surface area contributed by atoms with Crippen LogP contribution in [0.3, 0.4) is 0 Å². The Kier molecular flexibility index (Phi) is 5.30. The molecule has 5 rings (SSSR count).